The van der Waals surface area contributed by atoms with Gasteiger partial charge in [0.05, 0.1) is 5.69 Å². The number of nitrogens with zero attached hydrogens (tertiary/aromatic N) is 1. The normalized spacial score (nSPS) is 16.7. The van der Waals surface area contributed by atoms with Gasteiger partial charge in [0.25, 0.3) is 0 Å². The first-order valence-corrected chi connectivity index (χ1v) is 15.7. The van der Waals surface area contributed by atoms with Crippen molar-refractivity contribution in [2.45, 2.75) is 11.8 Å². The number of fused-ring (bicyclic) bond motifs is 9. The Morgan fingerprint density at radius 2 is 1.07 bits per heavy atom. The van der Waals surface area contributed by atoms with Crippen molar-refractivity contribution in [2.24, 2.45) is 0 Å². The molecule has 1 nitrogen and oxygen atoms in total. The van der Waals surface area contributed by atoms with E-state index in [1.165, 1.54) is 64.7 Å². The second kappa shape index (κ2) is 9.76. The summed E-state index contributed by atoms with van der Waals surface area (Å²) in [7, 11) is 0. The highest BCUT2D eigenvalue weighted by Crippen LogP contribution is 2.50. The van der Waals surface area contributed by atoms with Crippen molar-refractivity contribution in [3.05, 3.63) is 163 Å². The molecule has 2 unspecified atom stereocenters. The van der Waals surface area contributed by atoms with Gasteiger partial charge in [-0.3, -0.25) is 4.98 Å². The lowest BCUT2D eigenvalue weighted by atomic mass is 9.70. The lowest BCUT2D eigenvalue weighted by Gasteiger charge is -2.33. The van der Waals surface area contributed by atoms with Gasteiger partial charge in [0.1, 0.15) is 0 Å². The summed E-state index contributed by atoms with van der Waals surface area (Å²) in [5, 5.41) is 2.63. The molecule has 2 heteroatoms. The van der Waals surface area contributed by atoms with E-state index in [0.29, 0.717) is 11.8 Å². The van der Waals surface area contributed by atoms with Gasteiger partial charge < -0.3 is 0 Å². The molecule has 0 amide bonds. The van der Waals surface area contributed by atoms with Crippen LogP contribution in [0.4, 0.5) is 0 Å². The molecule has 5 aromatic carbocycles. The average molecular weight is 566 g/mol. The maximum absolute atomic E-state index is 5.04. The van der Waals surface area contributed by atoms with Crippen LogP contribution in [0.3, 0.4) is 0 Å². The Bertz CT molecular complexity index is 2250. The zero-order valence-electron chi connectivity index (χ0n) is 23.4. The second-order valence-electron chi connectivity index (χ2n) is 11.5. The van der Waals surface area contributed by atoms with E-state index in [1.807, 2.05) is 11.3 Å². The summed E-state index contributed by atoms with van der Waals surface area (Å²) in [6.07, 6.45) is 11.2. The molecule has 9 rings (SSSR count). The number of hydrogen-bond donors (Lipinski definition) is 0. The van der Waals surface area contributed by atoms with Gasteiger partial charge in [-0.2, -0.15) is 0 Å². The van der Waals surface area contributed by atoms with Crippen molar-refractivity contribution in [3.63, 3.8) is 0 Å². The van der Waals surface area contributed by atoms with E-state index >= 15 is 0 Å². The third kappa shape index (κ3) is 3.87. The van der Waals surface area contributed by atoms with Gasteiger partial charge in [-0.1, -0.05) is 133 Å². The zero-order chi connectivity index (χ0) is 28.3. The summed E-state index contributed by atoms with van der Waals surface area (Å²) >= 11 is 1.90. The number of thiophene rings is 1. The molecule has 0 radical (unpaired) electrons. The maximum atomic E-state index is 5.04. The number of pyridine rings is 1. The molecule has 202 valence electrons. The highest BCUT2D eigenvalue weighted by atomic mass is 32.1. The lowest BCUT2D eigenvalue weighted by molar-refractivity contribution is 0.719. The van der Waals surface area contributed by atoms with Gasteiger partial charge in [-0.25, -0.2) is 0 Å². The Kier molecular flexibility index (Phi) is 5.57. The van der Waals surface area contributed by atoms with Gasteiger partial charge in [0.15, 0.2) is 0 Å². The van der Waals surface area contributed by atoms with Crippen LogP contribution in [0.1, 0.15) is 23.0 Å². The number of rotatable bonds is 3. The molecule has 2 atom stereocenters. The monoisotopic (exact) mass is 565 g/mol. The first kappa shape index (κ1) is 24.5. The van der Waals surface area contributed by atoms with E-state index in [9.17, 15) is 0 Å². The van der Waals surface area contributed by atoms with Crippen LogP contribution < -0.4 is 0 Å². The summed E-state index contributed by atoms with van der Waals surface area (Å²) < 4.78 is 2.67. The molecule has 2 aromatic heterocycles. The predicted molar refractivity (Wildman–Crippen MR) is 183 cm³/mol. The molecule has 0 N–H and O–H groups in total. The minimum Gasteiger partial charge on any atom is -0.256 e. The van der Waals surface area contributed by atoms with Gasteiger partial charge in [-0.15, -0.1) is 11.3 Å². The van der Waals surface area contributed by atoms with Crippen LogP contribution in [0.5, 0.6) is 0 Å². The van der Waals surface area contributed by atoms with Crippen molar-refractivity contribution < 1.29 is 0 Å². The highest BCUT2D eigenvalue weighted by Gasteiger charge is 2.32. The maximum Gasteiger partial charge on any atom is 0.0705 e. The zero-order valence-corrected chi connectivity index (χ0v) is 24.3. The van der Waals surface area contributed by atoms with E-state index in [-0.39, 0.29) is 0 Å². The van der Waals surface area contributed by atoms with Gasteiger partial charge >= 0.3 is 0 Å². The Morgan fingerprint density at radius 3 is 1.86 bits per heavy atom. The second-order valence-corrected chi connectivity index (χ2v) is 12.5. The molecule has 43 heavy (non-hydrogen) atoms. The topological polar surface area (TPSA) is 12.9 Å². The van der Waals surface area contributed by atoms with Crippen LogP contribution in [0.2, 0.25) is 0 Å². The van der Waals surface area contributed by atoms with Crippen LogP contribution in [-0.4, -0.2) is 4.98 Å². The van der Waals surface area contributed by atoms with Crippen LogP contribution in [-0.2, 0) is 0 Å². The summed E-state index contributed by atoms with van der Waals surface area (Å²) in [5.41, 5.74) is 12.5. The van der Waals surface area contributed by atoms with E-state index in [0.717, 1.165) is 11.3 Å². The van der Waals surface area contributed by atoms with E-state index < -0.39 is 0 Å². The molecule has 0 aliphatic heterocycles. The summed E-state index contributed by atoms with van der Waals surface area (Å²) in [6, 6.07) is 44.2. The summed E-state index contributed by atoms with van der Waals surface area (Å²) in [6.45, 7) is 0. The standard InChI is InChI=1S/C41H27NS/c1-2-11-26(12-3-1)29-19-9-21-35-36-22-10-20-30(41(36)43-40(29)35)27-13-8-14-28(23-27)39-24-37-33-17-6-4-15-31(33)32-16-5-7-18-34(32)38(37)25-42-39/h1-25,31,33H. The molecule has 0 bridgehead atoms. The van der Waals surface area contributed by atoms with Crippen molar-refractivity contribution in [1.82, 2.24) is 4.98 Å². The minimum absolute atomic E-state index is 0.325. The quantitative estimate of drug-likeness (QED) is 0.208. The largest absolute Gasteiger partial charge is 0.256 e. The number of aromatic nitrogens is 1. The van der Waals surface area contributed by atoms with E-state index in [2.05, 4.69) is 152 Å². The molecule has 0 spiro atoms. The average Bonchev–Trinajstić information content (AvgIpc) is 3.48. The van der Waals surface area contributed by atoms with E-state index in [1.54, 1.807) is 0 Å². The van der Waals surface area contributed by atoms with Crippen molar-refractivity contribution in [2.75, 3.05) is 0 Å². The Morgan fingerprint density at radius 1 is 0.465 bits per heavy atom. The minimum atomic E-state index is 0.325. The van der Waals surface area contributed by atoms with Crippen LogP contribution in [0, 0.1) is 0 Å². The Labute approximate surface area is 255 Å². The molecule has 0 fully saturated rings. The fourth-order valence-electron chi connectivity index (χ4n) is 7.10. The number of allylic oxidation sites excluding steroid dienone is 4. The lowest BCUT2D eigenvalue weighted by Crippen LogP contribution is -2.16. The fraction of sp³-hybridized carbons (Fsp3) is 0.0488. The Balaban J connectivity index is 1.17. The SMILES string of the molecule is C1=CC2c3ccccc3-c3cnc(-c4cccc(-c5cccc6c5sc5c(-c7ccccc7)cccc56)c4)cc3C2C=C1. The molecule has 2 aliphatic carbocycles. The number of benzene rings is 5. The van der Waals surface area contributed by atoms with Crippen LogP contribution in [0.25, 0.3) is 64.8 Å². The van der Waals surface area contributed by atoms with Crippen LogP contribution >= 0.6 is 11.3 Å². The predicted octanol–water partition coefficient (Wildman–Crippen LogP) is 11.4. The first-order valence-electron chi connectivity index (χ1n) is 14.9. The molecule has 2 heterocycles. The summed E-state index contributed by atoms with van der Waals surface area (Å²) in [5.74, 6) is 0.688. The third-order valence-corrected chi connectivity index (χ3v) is 10.4. The van der Waals surface area contributed by atoms with Gasteiger partial charge in [0.2, 0.25) is 0 Å². The van der Waals surface area contributed by atoms with Crippen LogP contribution in [0.15, 0.2) is 152 Å². The van der Waals surface area contributed by atoms with Gasteiger partial charge in [-0.05, 0) is 51.1 Å². The first-order chi connectivity index (χ1) is 21.3. The smallest absolute Gasteiger partial charge is 0.0705 e. The van der Waals surface area contributed by atoms with Crippen molar-refractivity contribution in [3.8, 4) is 44.6 Å². The fourth-order valence-corrected chi connectivity index (χ4v) is 8.47. The van der Waals surface area contributed by atoms with Gasteiger partial charge in [0, 0.05) is 49.3 Å². The number of hydrogen-bond acceptors (Lipinski definition) is 2. The molecular weight excluding hydrogens is 539 g/mol. The van der Waals surface area contributed by atoms with E-state index in [4.69, 9.17) is 4.98 Å². The highest BCUT2D eigenvalue weighted by molar-refractivity contribution is 7.26. The van der Waals surface area contributed by atoms with Crippen molar-refractivity contribution in [1.29, 1.82) is 0 Å². The molecule has 0 saturated carbocycles. The molecular formula is C41H27NS. The molecule has 2 aliphatic rings. The summed E-state index contributed by atoms with van der Waals surface area (Å²) in [4.78, 5) is 5.04. The third-order valence-electron chi connectivity index (χ3n) is 9.12. The molecule has 0 saturated heterocycles. The molecule has 7 aromatic rings. The Hall–Kier alpha value is -5.05. The van der Waals surface area contributed by atoms with Crippen molar-refractivity contribution >= 4 is 31.5 Å².